The summed E-state index contributed by atoms with van der Waals surface area (Å²) in [7, 11) is -4.95. The van der Waals surface area contributed by atoms with E-state index in [1.165, 1.54) is 16.9 Å². The number of phosphoric ester groups is 1. The van der Waals surface area contributed by atoms with Gasteiger partial charge in [0, 0.05) is 29.3 Å². The fraction of sp³-hybridized carbons (Fsp3) is 0.600. The molecule has 11 heteroatoms. The number of amides is 1. The van der Waals surface area contributed by atoms with Crippen molar-refractivity contribution in [1.82, 2.24) is 4.98 Å². The first kappa shape index (κ1) is 25.8. The van der Waals surface area contributed by atoms with Gasteiger partial charge in [-0.15, -0.1) is 11.3 Å². The number of carbonyl (C=O) groups is 1. The van der Waals surface area contributed by atoms with Crippen molar-refractivity contribution < 1.29 is 33.9 Å². The third-order valence-electron chi connectivity index (χ3n) is 8.78. The lowest BCUT2D eigenvalue weighted by molar-refractivity contribution is -0.230. The maximum absolute atomic E-state index is 12.7. The van der Waals surface area contributed by atoms with Gasteiger partial charge >= 0.3 is 7.82 Å². The van der Waals surface area contributed by atoms with Gasteiger partial charge in [-0.2, -0.15) is 0 Å². The fourth-order valence-corrected chi connectivity index (χ4v) is 8.75. The fourth-order valence-electron chi connectivity index (χ4n) is 7.39. The van der Waals surface area contributed by atoms with Gasteiger partial charge in [-0.3, -0.25) is 9.32 Å². The Kier molecular flexibility index (Phi) is 6.59. The molecular weight excluding hydrogens is 503 g/mol. The number of phosphoric acid groups is 1. The topological polar surface area (TPSA) is 149 Å². The Morgan fingerprint density at radius 3 is 2.81 bits per heavy atom. The van der Waals surface area contributed by atoms with Gasteiger partial charge in [0.1, 0.15) is 5.75 Å². The molecule has 1 aromatic heterocycles. The normalized spacial score (nSPS) is 33.5. The number of phenols is 1. The van der Waals surface area contributed by atoms with E-state index in [9.17, 15) is 29.4 Å². The number of anilines is 1. The highest BCUT2D eigenvalue weighted by Crippen LogP contribution is 2.69. The monoisotopic (exact) mass is 536 g/mol. The molecule has 1 aromatic carbocycles. The van der Waals surface area contributed by atoms with Crippen LogP contribution in [0.1, 0.15) is 67.4 Å². The van der Waals surface area contributed by atoms with Crippen molar-refractivity contribution >= 4 is 30.2 Å². The molecule has 2 aromatic rings. The molecule has 5 rings (SSSR count). The largest absolute Gasteiger partial charge is 0.508 e. The van der Waals surface area contributed by atoms with Gasteiger partial charge in [0.2, 0.25) is 5.91 Å². The lowest BCUT2D eigenvalue weighted by atomic mass is 9.53. The number of fused-ring (bicyclic) bond motifs is 5. The number of nitrogens with one attached hydrogen (secondary N) is 1. The number of hydrogen-bond donors (Lipinski definition) is 5. The molecule has 1 amide bonds. The van der Waals surface area contributed by atoms with Crippen molar-refractivity contribution in [3.8, 4) is 5.75 Å². The van der Waals surface area contributed by atoms with Crippen LogP contribution >= 0.6 is 19.2 Å². The van der Waals surface area contributed by atoms with Gasteiger partial charge in [0.25, 0.3) is 0 Å². The molecule has 3 aliphatic carbocycles. The van der Waals surface area contributed by atoms with Gasteiger partial charge in [-0.1, -0.05) is 13.0 Å². The van der Waals surface area contributed by atoms with Crippen LogP contribution in [0.4, 0.5) is 5.13 Å². The number of thiazole rings is 1. The molecule has 2 saturated carbocycles. The average Bonchev–Trinajstić information content (AvgIpc) is 3.28. The predicted octanol–water partition coefficient (Wildman–Crippen LogP) is 4.46. The van der Waals surface area contributed by atoms with Crippen LogP contribution < -0.4 is 5.32 Å². The number of aromatic hydroxyl groups is 1. The first-order valence-electron chi connectivity index (χ1n) is 12.4. The third-order valence-corrected chi connectivity index (χ3v) is 10.1. The van der Waals surface area contributed by atoms with E-state index >= 15 is 0 Å². The Morgan fingerprint density at radius 1 is 1.33 bits per heavy atom. The molecule has 196 valence electrons. The lowest BCUT2D eigenvalue weighted by Crippen LogP contribution is -2.52. The standard InChI is InChI=1S/C25H33N2O7PS/c1-14-13-26-23(36-14)27-21(29)8-4-16-12-25(30,34-35(31,32)33)24(2)10-9-19-18-7-5-17(28)11-15(18)3-6-20(19)22(16)24/h5,7,11,13,16,19-20,22,28,30H,3-4,6,8-10,12H2,1-2H3,(H,26,27,29)(H2,31,32,33)/t16-,19?,20?,22?,24+,25+/m1/s1. The molecule has 0 aliphatic heterocycles. The molecule has 0 radical (unpaired) electrons. The van der Waals surface area contributed by atoms with Crippen molar-refractivity contribution in [3.63, 3.8) is 0 Å². The zero-order valence-corrected chi connectivity index (χ0v) is 22.1. The summed E-state index contributed by atoms with van der Waals surface area (Å²) in [6, 6.07) is 5.51. The molecule has 0 saturated heterocycles. The second kappa shape index (κ2) is 9.19. The Labute approximate surface area is 214 Å². The van der Waals surface area contributed by atoms with E-state index in [0.717, 1.165) is 29.7 Å². The Morgan fingerprint density at radius 2 is 2.11 bits per heavy atom. The molecule has 6 atom stereocenters. The number of rotatable bonds is 6. The van der Waals surface area contributed by atoms with E-state index in [1.807, 2.05) is 26.0 Å². The van der Waals surface area contributed by atoms with E-state index < -0.39 is 19.0 Å². The van der Waals surface area contributed by atoms with E-state index in [2.05, 4.69) is 10.3 Å². The number of hydrogen-bond acceptors (Lipinski definition) is 7. The van der Waals surface area contributed by atoms with Gasteiger partial charge in [-0.05, 0) is 86.0 Å². The van der Waals surface area contributed by atoms with Gasteiger partial charge in [-0.25, -0.2) is 9.55 Å². The van der Waals surface area contributed by atoms with E-state index in [4.69, 9.17) is 4.52 Å². The highest BCUT2D eigenvalue weighted by molar-refractivity contribution is 7.46. The minimum Gasteiger partial charge on any atom is -0.508 e. The average molecular weight is 537 g/mol. The minimum atomic E-state index is -4.95. The number of nitrogens with zero attached hydrogens (tertiary/aromatic N) is 1. The number of aliphatic hydroxyl groups is 1. The quantitative estimate of drug-likeness (QED) is 0.268. The summed E-state index contributed by atoms with van der Waals surface area (Å²) in [5.74, 6) is -1.74. The summed E-state index contributed by atoms with van der Waals surface area (Å²) in [4.78, 5) is 37.2. The molecule has 5 N–H and O–H groups in total. The molecule has 0 spiro atoms. The van der Waals surface area contributed by atoms with E-state index in [0.29, 0.717) is 18.0 Å². The highest BCUT2D eigenvalue weighted by Gasteiger charge is 2.67. The van der Waals surface area contributed by atoms with Crippen LogP contribution in [0.2, 0.25) is 0 Å². The molecule has 36 heavy (non-hydrogen) atoms. The summed E-state index contributed by atoms with van der Waals surface area (Å²) in [5.41, 5.74) is 1.47. The number of aromatic nitrogens is 1. The summed E-state index contributed by atoms with van der Waals surface area (Å²) in [6.07, 6.45) is 5.36. The molecule has 2 fully saturated rings. The molecule has 0 bridgehead atoms. The Balaban J connectivity index is 1.42. The zero-order valence-electron chi connectivity index (χ0n) is 20.4. The molecular formula is C25H33N2O7PS. The summed E-state index contributed by atoms with van der Waals surface area (Å²) >= 11 is 1.40. The number of phenolic OH excluding ortho intramolecular Hbond substituents is 1. The minimum absolute atomic E-state index is 0.0641. The summed E-state index contributed by atoms with van der Waals surface area (Å²) < 4.78 is 17.0. The van der Waals surface area contributed by atoms with Crippen molar-refractivity contribution in [2.45, 2.75) is 70.5 Å². The van der Waals surface area contributed by atoms with Gasteiger partial charge in [0.05, 0.1) is 0 Å². The predicted molar refractivity (Wildman–Crippen MR) is 134 cm³/mol. The summed E-state index contributed by atoms with van der Waals surface area (Å²) in [5, 5.41) is 24.9. The van der Waals surface area contributed by atoms with E-state index in [1.54, 1.807) is 12.3 Å². The Bertz CT molecular complexity index is 1210. The maximum atomic E-state index is 12.7. The van der Waals surface area contributed by atoms with Crippen LogP contribution in [0.5, 0.6) is 5.75 Å². The number of carbonyl (C=O) groups excluding carboxylic acids is 1. The van der Waals surface area contributed by atoms with Crippen molar-refractivity contribution in [3.05, 3.63) is 40.4 Å². The Hall–Kier alpha value is -1.81. The lowest BCUT2D eigenvalue weighted by Gasteiger charge is -2.53. The molecule has 1 heterocycles. The molecule has 3 aliphatic rings. The second-order valence-corrected chi connectivity index (χ2v) is 13.3. The maximum Gasteiger partial charge on any atom is 0.472 e. The first-order chi connectivity index (χ1) is 16.9. The molecule has 9 nitrogen and oxygen atoms in total. The van der Waals surface area contributed by atoms with Crippen LogP contribution in [0.15, 0.2) is 24.4 Å². The van der Waals surface area contributed by atoms with Gasteiger partial charge in [0.15, 0.2) is 10.9 Å². The first-order valence-corrected chi connectivity index (χ1v) is 14.8. The molecule has 3 unspecified atom stereocenters. The van der Waals surface area contributed by atoms with Crippen LogP contribution in [0.25, 0.3) is 0 Å². The third kappa shape index (κ3) is 4.64. The summed E-state index contributed by atoms with van der Waals surface area (Å²) in [6.45, 7) is 3.80. The van der Waals surface area contributed by atoms with Crippen molar-refractivity contribution in [2.24, 2.45) is 23.2 Å². The number of aryl methyl sites for hydroxylation is 2. The highest BCUT2D eigenvalue weighted by atomic mass is 32.1. The van der Waals surface area contributed by atoms with Crippen LogP contribution in [-0.2, 0) is 20.3 Å². The zero-order chi connectivity index (χ0) is 25.9. The van der Waals surface area contributed by atoms with Crippen molar-refractivity contribution in [2.75, 3.05) is 5.32 Å². The smallest absolute Gasteiger partial charge is 0.472 e. The van der Waals surface area contributed by atoms with Crippen LogP contribution in [0, 0.1) is 30.1 Å². The van der Waals surface area contributed by atoms with Crippen molar-refractivity contribution in [1.29, 1.82) is 0 Å². The van der Waals surface area contributed by atoms with Gasteiger partial charge < -0.3 is 25.3 Å². The second-order valence-electron chi connectivity index (χ2n) is 10.9. The number of benzene rings is 1. The van der Waals surface area contributed by atoms with Crippen LogP contribution in [0.3, 0.4) is 0 Å². The van der Waals surface area contributed by atoms with Crippen LogP contribution in [-0.4, -0.2) is 36.7 Å². The SMILES string of the molecule is Cc1cnc(NC(=O)CC[C@@H]2C[C@](O)(OP(=O)(O)O)[C@@]3(C)CCC4c5ccc(O)cc5CCC4C23)s1. The van der Waals surface area contributed by atoms with E-state index in [-0.39, 0.29) is 48.2 Å².